The van der Waals surface area contributed by atoms with Gasteiger partial charge in [0.2, 0.25) is 15.9 Å². The average molecular weight is 529 g/mol. The lowest BCUT2D eigenvalue weighted by molar-refractivity contribution is -0.120. The predicted molar refractivity (Wildman–Crippen MR) is 128 cm³/mol. The summed E-state index contributed by atoms with van der Waals surface area (Å²) in [5.74, 6) is -2.21. The lowest BCUT2D eigenvalue weighted by Crippen LogP contribution is -2.42. The number of sulfonamides is 1. The summed E-state index contributed by atoms with van der Waals surface area (Å²) in [5.41, 5.74) is 0.182. The molecule has 1 heterocycles. The number of methoxy groups -OCH3 is 3. The molecule has 2 aromatic carbocycles. The number of piperidine rings is 1. The van der Waals surface area contributed by atoms with Gasteiger partial charge in [0.1, 0.15) is 5.82 Å². The number of carbonyl (C=O) groups excluding carboxylic acids is 2. The monoisotopic (exact) mass is 528 g/mol. The van der Waals surface area contributed by atoms with E-state index in [2.05, 4.69) is 5.32 Å². The standard InChI is InChI=1S/C23H26ClFN2O7S/c1-32-20-11-15(23(29)34-3)19(12-21(20)33-2)26-22(28)14-7-9-27(10-8-14)35(30,31)13-16-17(24)5-4-6-18(16)25/h4-6,11-12,14H,7-10,13H2,1-3H3,(H,26,28). The highest BCUT2D eigenvalue weighted by molar-refractivity contribution is 7.88. The van der Waals surface area contributed by atoms with Gasteiger partial charge in [-0.05, 0) is 25.0 Å². The first-order valence-corrected chi connectivity index (χ1v) is 12.7. The predicted octanol–water partition coefficient (Wildman–Crippen LogP) is 3.46. The summed E-state index contributed by atoms with van der Waals surface area (Å²) < 4.78 is 56.2. The van der Waals surface area contributed by atoms with Crippen LogP contribution in [0.5, 0.6) is 11.5 Å². The second-order valence-electron chi connectivity index (χ2n) is 7.86. The van der Waals surface area contributed by atoms with Crippen molar-refractivity contribution >= 4 is 39.2 Å². The summed E-state index contributed by atoms with van der Waals surface area (Å²) in [7, 11) is 0.214. The molecule has 0 atom stereocenters. The zero-order chi connectivity index (χ0) is 25.8. The molecule has 0 radical (unpaired) electrons. The molecule has 0 aliphatic carbocycles. The van der Waals surface area contributed by atoms with Crippen molar-refractivity contribution in [1.82, 2.24) is 4.31 Å². The minimum Gasteiger partial charge on any atom is -0.493 e. The van der Waals surface area contributed by atoms with Gasteiger partial charge >= 0.3 is 5.97 Å². The van der Waals surface area contributed by atoms with Crippen molar-refractivity contribution in [2.45, 2.75) is 18.6 Å². The number of hydrogen-bond acceptors (Lipinski definition) is 7. The smallest absolute Gasteiger partial charge is 0.340 e. The summed E-state index contributed by atoms with van der Waals surface area (Å²) >= 11 is 5.98. The first-order chi connectivity index (χ1) is 16.6. The van der Waals surface area contributed by atoms with E-state index in [0.29, 0.717) is 11.5 Å². The summed E-state index contributed by atoms with van der Waals surface area (Å²) in [6.07, 6.45) is 0.494. The van der Waals surface area contributed by atoms with Crippen LogP contribution in [-0.2, 0) is 25.3 Å². The van der Waals surface area contributed by atoms with Crippen molar-refractivity contribution in [2.75, 3.05) is 39.7 Å². The van der Waals surface area contributed by atoms with E-state index < -0.39 is 33.5 Å². The molecule has 0 saturated carbocycles. The maximum Gasteiger partial charge on any atom is 0.340 e. The third-order valence-corrected chi connectivity index (χ3v) is 7.95. The Balaban J connectivity index is 1.70. The van der Waals surface area contributed by atoms with E-state index in [4.69, 9.17) is 25.8 Å². The average Bonchev–Trinajstić information content (AvgIpc) is 2.85. The first kappa shape index (κ1) is 26.7. The Labute approximate surface area is 208 Å². The number of amides is 1. The number of rotatable bonds is 8. The molecule has 12 heteroatoms. The van der Waals surface area contributed by atoms with Crippen molar-refractivity contribution in [3.8, 4) is 11.5 Å². The van der Waals surface area contributed by atoms with Gasteiger partial charge in [0.05, 0.1) is 38.3 Å². The van der Waals surface area contributed by atoms with E-state index in [1.165, 1.54) is 49.9 Å². The largest absolute Gasteiger partial charge is 0.493 e. The van der Waals surface area contributed by atoms with Gasteiger partial charge in [-0.3, -0.25) is 4.79 Å². The van der Waals surface area contributed by atoms with Crippen LogP contribution in [0.25, 0.3) is 0 Å². The third kappa shape index (κ3) is 6.03. The van der Waals surface area contributed by atoms with E-state index in [9.17, 15) is 22.4 Å². The fourth-order valence-corrected chi connectivity index (χ4v) is 5.75. The van der Waals surface area contributed by atoms with Gasteiger partial charge in [-0.25, -0.2) is 21.9 Å². The molecule has 3 rings (SSSR count). The minimum absolute atomic E-state index is 0.0409. The Morgan fingerprint density at radius 2 is 1.74 bits per heavy atom. The van der Waals surface area contributed by atoms with Crippen LogP contribution in [0.3, 0.4) is 0 Å². The SMILES string of the molecule is COC(=O)c1cc(OC)c(OC)cc1NC(=O)C1CCN(S(=O)(=O)Cc2c(F)cccc2Cl)CC1. The quantitative estimate of drug-likeness (QED) is 0.522. The van der Waals surface area contributed by atoms with E-state index in [1.807, 2.05) is 0 Å². The molecular formula is C23H26ClFN2O7S. The maximum absolute atomic E-state index is 14.1. The topological polar surface area (TPSA) is 111 Å². The van der Waals surface area contributed by atoms with Gasteiger partial charge in [-0.2, -0.15) is 0 Å². The van der Waals surface area contributed by atoms with Crippen LogP contribution < -0.4 is 14.8 Å². The van der Waals surface area contributed by atoms with Crippen molar-refractivity contribution in [1.29, 1.82) is 0 Å². The van der Waals surface area contributed by atoms with Crippen LogP contribution in [0.4, 0.5) is 10.1 Å². The fraction of sp³-hybridized carbons (Fsp3) is 0.391. The molecule has 1 saturated heterocycles. The lowest BCUT2D eigenvalue weighted by atomic mass is 9.97. The molecule has 1 fully saturated rings. The Morgan fingerprint density at radius 3 is 2.31 bits per heavy atom. The Kier molecular flexibility index (Phi) is 8.57. The molecular weight excluding hydrogens is 503 g/mol. The van der Waals surface area contributed by atoms with Gasteiger partial charge in [0.25, 0.3) is 0 Å². The van der Waals surface area contributed by atoms with Gasteiger partial charge in [0.15, 0.2) is 11.5 Å². The number of hydrogen-bond donors (Lipinski definition) is 1. The van der Waals surface area contributed by atoms with Crippen molar-refractivity contribution in [3.05, 3.63) is 52.3 Å². The van der Waals surface area contributed by atoms with E-state index in [1.54, 1.807) is 0 Å². The van der Waals surface area contributed by atoms with E-state index in [-0.39, 0.29) is 53.7 Å². The molecule has 35 heavy (non-hydrogen) atoms. The summed E-state index contributed by atoms with van der Waals surface area (Å²) in [5, 5.41) is 2.76. The zero-order valence-electron chi connectivity index (χ0n) is 19.5. The maximum atomic E-state index is 14.1. The normalized spacial score (nSPS) is 14.9. The molecule has 2 aromatic rings. The molecule has 0 spiro atoms. The highest BCUT2D eigenvalue weighted by Crippen LogP contribution is 2.34. The number of nitrogens with zero attached hydrogens (tertiary/aromatic N) is 1. The molecule has 1 amide bonds. The van der Waals surface area contributed by atoms with E-state index in [0.717, 1.165) is 6.07 Å². The van der Waals surface area contributed by atoms with Gasteiger partial charge in [-0.15, -0.1) is 0 Å². The Morgan fingerprint density at radius 1 is 1.11 bits per heavy atom. The number of benzene rings is 2. The summed E-state index contributed by atoms with van der Waals surface area (Å²) in [6, 6.07) is 6.86. The van der Waals surface area contributed by atoms with Crippen LogP contribution in [-0.4, -0.2) is 59.0 Å². The second kappa shape index (κ2) is 11.2. The van der Waals surface area contributed by atoms with Crippen molar-refractivity contribution in [2.24, 2.45) is 5.92 Å². The van der Waals surface area contributed by atoms with Crippen LogP contribution in [0.15, 0.2) is 30.3 Å². The highest BCUT2D eigenvalue weighted by Gasteiger charge is 2.33. The number of halogens is 2. The first-order valence-electron chi connectivity index (χ1n) is 10.7. The molecule has 9 nitrogen and oxygen atoms in total. The van der Waals surface area contributed by atoms with Crippen LogP contribution in [0.2, 0.25) is 5.02 Å². The molecule has 0 unspecified atom stereocenters. The minimum atomic E-state index is -3.84. The van der Waals surface area contributed by atoms with Crippen LogP contribution >= 0.6 is 11.6 Å². The van der Waals surface area contributed by atoms with Crippen LogP contribution in [0, 0.1) is 11.7 Å². The fourth-order valence-electron chi connectivity index (χ4n) is 3.84. The Hall–Kier alpha value is -2.89. The molecule has 1 aliphatic rings. The van der Waals surface area contributed by atoms with Gasteiger partial charge in [0, 0.05) is 41.7 Å². The number of anilines is 1. The second-order valence-corrected chi connectivity index (χ2v) is 10.2. The number of esters is 1. The lowest BCUT2D eigenvalue weighted by Gasteiger charge is -2.30. The van der Waals surface area contributed by atoms with Crippen molar-refractivity contribution < 1.29 is 36.6 Å². The summed E-state index contributed by atoms with van der Waals surface area (Å²) in [6.45, 7) is 0.171. The Bertz CT molecular complexity index is 1190. The van der Waals surface area contributed by atoms with Gasteiger partial charge in [-0.1, -0.05) is 17.7 Å². The number of ether oxygens (including phenoxy) is 3. The molecule has 0 aromatic heterocycles. The molecule has 1 N–H and O–H groups in total. The zero-order valence-corrected chi connectivity index (χ0v) is 21.0. The van der Waals surface area contributed by atoms with Gasteiger partial charge < -0.3 is 19.5 Å². The molecule has 190 valence electrons. The van der Waals surface area contributed by atoms with Crippen molar-refractivity contribution in [3.63, 3.8) is 0 Å². The molecule has 1 aliphatic heterocycles. The summed E-state index contributed by atoms with van der Waals surface area (Å²) in [4.78, 5) is 25.2. The number of carbonyl (C=O) groups is 2. The third-order valence-electron chi connectivity index (χ3n) is 5.79. The van der Waals surface area contributed by atoms with Crippen LogP contribution in [0.1, 0.15) is 28.8 Å². The highest BCUT2D eigenvalue weighted by atomic mass is 35.5. The molecule has 0 bridgehead atoms. The van der Waals surface area contributed by atoms with E-state index >= 15 is 0 Å². The number of nitrogens with one attached hydrogen (secondary N) is 1.